The summed E-state index contributed by atoms with van der Waals surface area (Å²) in [4.78, 5) is 35.1. The Bertz CT molecular complexity index is 511. The summed E-state index contributed by atoms with van der Waals surface area (Å²) >= 11 is 5.91. The average Bonchev–Trinajstić information content (AvgIpc) is 2.59. The second-order valence-corrected chi connectivity index (χ2v) is 4.06. The average molecular weight is 253 g/mol. The van der Waals surface area contributed by atoms with Crippen LogP contribution in [-0.2, 0) is 9.59 Å². The molecule has 1 heterocycles. The first-order valence-electron chi connectivity index (χ1n) is 4.96. The van der Waals surface area contributed by atoms with E-state index in [2.05, 4.69) is 0 Å². The lowest BCUT2D eigenvalue weighted by Gasteiger charge is -2.16. The number of primary amides is 1. The zero-order valence-corrected chi connectivity index (χ0v) is 9.53. The summed E-state index contributed by atoms with van der Waals surface area (Å²) in [5, 5.41) is 0.235. The Labute approximate surface area is 102 Å². The first-order valence-corrected chi connectivity index (χ1v) is 5.33. The molecule has 1 saturated heterocycles. The van der Waals surface area contributed by atoms with Crippen LogP contribution in [0.15, 0.2) is 18.2 Å². The lowest BCUT2D eigenvalue weighted by atomic mass is 10.2. The molecular formula is C11H9ClN2O3. The van der Waals surface area contributed by atoms with Gasteiger partial charge in [-0.2, -0.15) is 0 Å². The van der Waals surface area contributed by atoms with Crippen molar-refractivity contribution >= 4 is 35.0 Å². The van der Waals surface area contributed by atoms with E-state index in [-0.39, 0.29) is 40.9 Å². The summed E-state index contributed by atoms with van der Waals surface area (Å²) in [5.41, 5.74) is 5.55. The van der Waals surface area contributed by atoms with Crippen molar-refractivity contribution in [2.45, 2.75) is 12.8 Å². The fourth-order valence-corrected chi connectivity index (χ4v) is 1.88. The Hall–Kier alpha value is -1.88. The Kier molecular flexibility index (Phi) is 2.85. The van der Waals surface area contributed by atoms with E-state index in [1.54, 1.807) is 0 Å². The first-order chi connectivity index (χ1) is 8.00. The van der Waals surface area contributed by atoms with E-state index >= 15 is 0 Å². The molecule has 0 unspecified atom stereocenters. The molecule has 1 aliphatic rings. The smallest absolute Gasteiger partial charge is 0.248 e. The number of carbonyl (C=O) groups is 3. The van der Waals surface area contributed by atoms with Crippen LogP contribution < -0.4 is 10.6 Å². The highest BCUT2D eigenvalue weighted by Crippen LogP contribution is 2.30. The van der Waals surface area contributed by atoms with Crippen LogP contribution in [0.2, 0.25) is 5.02 Å². The van der Waals surface area contributed by atoms with Gasteiger partial charge in [0.15, 0.2) is 0 Å². The molecule has 0 aliphatic carbocycles. The number of rotatable bonds is 2. The van der Waals surface area contributed by atoms with Gasteiger partial charge in [0.1, 0.15) is 0 Å². The molecule has 0 bridgehead atoms. The Morgan fingerprint density at radius 1 is 1.24 bits per heavy atom. The fraction of sp³-hybridized carbons (Fsp3) is 0.182. The van der Waals surface area contributed by atoms with Gasteiger partial charge < -0.3 is 5.73 Å². The molecule has 17 heavy (non-hydrogen) atoms. The van der Waals surface area contributed by atoms with E-state index in [0.29, 0.717) is 0 Å². The van der Waals surface area contributed by atoms with E-state index < -0.39 is 5.91 Å². The molecule has 6 heteroatoms. The van der Waals surface area contributed by atoms with Crippen LogP contribution in [0, 0.1) is 0 Å². The molecule has 5 nitrogen and oxygen atoms in total. The Morgan fingerprint density at radius 3 is 2.35 bits per heavy atom. The number of benzene rings is 1. The summed E-state index contributed by atoms with van der Waals surface area (Å²) in [5.74, 6) is -1.28. The highest BCUT2D eigenvalue weighted by atomic mass is 35.5. The largest absolute Gasteiger partial charge is 0.366 e. The van der Waals surface area contributed by atoms with Crippen LogP contribution >= 0.6 is 11.6 Å². The number of hydrogen-bond acceptors (Lipinski definition) is 3. The number of imide groups is 1. The minimum atomic E-state index is -0.637. The predicted octanol–water partition coefficient (Wildman–Crippen LogP) is 1.09. The quantitative estimate of drug-likeness (QED) is 0.800. The molecule has 1 aromatic rings. The molecule has 0 radical (unpaired) electrons. The van der Waals surface area contributed by atoms with Gasteiger partial charge >= 0.3 is 0 Å². The maximum Gasteiger partial charge on any atom is 0.248 e. The Balaban J connectivity index is 2.50. The minimum absolute atomic E-state index is 0.163. The number of anilines is 1. The van der Waals surface area contributed by atoms with Crippen LogP contribution in [0.4, 0.5) is 5.69 Å². The number of amides is 3. The van der Waals surface area contributed by atoms with Crippen molar-refractivity contribution in [1.29, 1.82) is 0 Å². The molecule has 1 aromatic carbocycles. The van der Waals surface area contributed by atoms with Crippen molar-refractivity contribution in [2.24, 2.45) is 5.73 Å². The highest BCUT2D eigenvalue weighted by molar-refractivity contribution is 6.36. The van der Waals surface area contributed by atoms with Crippen LogP contribution in [0.25, 0.3) is 0 Å². The second-order valence-electron chi connectivity index (χ2n) is 3.65. The number of hydrogen-bond donors (Lipinski definition) is 1. The van der Waals surface area contributed by atoms with Crippen LogP contribution in [0.3, 0.4) is 0 Å². The molecular weight excluding hydrogens is 244 g/mol. The molecule has 1 aliphatic heterocycles. The van der Waals surface area contributed by atoms with Crippen molar-refractivity contribution < 1.29 is 14.4 Å². The monoisotopic (exact) mass is 252 g/mol. The minimum Gasteiger partial charge on any atom is -0.366 e. The SMILES string of the molecule is NC(=O)c1ccc(Cl)c(N2C(=O)CCC2=O)c1. The summed E-state index contributed by atoms with van der Waals surface area (Å²) < 4.78 is 0. The third-order valence-electron chi connectivity index (χ3n) is 2.52. The number of nitrogens with zero attached hydrogens (tertiary/aromatic N) is 1. The molecule has 88 valence electrons. The van der Waals surface area contributed by atoms with Crippen LogP contribution in [0.5, 0.6) is 0 Å². The van der Waals surface area contributed by atoms with Gasteiger partial charge in [0.25, 0.3) is 0 Å². The van der Waals surface area contributed by atoms with E-state index in [1.807, 2.05) is 0 Å². The number of carbonyl (C=O) groups excluding carboxylic acids is 3. The van der Waals surface area contributed by atoms with E-state index in [4.69, 9.17) is 17.3 Å². The third-order valence-corrected chi connectivity index (χ3v) is 2.84. The molecule has 0 atom stereocenters. The van der Waals surface area contributed by atoms with Crippen LogP contribution in [0.1, 0.15) is 23.2 Å². The van der Waals surface area contributed by atoms with Crippen molar-refractivity contribution in [3.05, 3.63) is 28.8 Å². The number of halogens is 1. The normalized spacial score (nSPS) is 15.5. The zero-order valence-electron chi connectivity index (χ0n) is 8.77. The van der Waals surface area contributed by atoms with Gasteiger partial charge in [-0.25, -0.2) is 4.90 Å². The lowest BCUT2D eigenvalue weighted by Crippen LogP contribution is -2.29. The van der Waals surface area contributed by atoms with Gasteiger partial charge in [0.05, 0.1) is 10.7 Å². The van der Waals surface area contributed by atoms with E-state index in [0.717, 1.165) is 4.90 Å². The van der Waals surface area contributed by atoms with Gasteiger partial charge in [-0.15, -0.1) is 0 Å². The lowest BCUT2D eigenvalue weighted by molar-refractivity contribution is -0.121. The first kappa shape index (κ1) is 11.6. The predicted molar refractivity (Wildman–Crippen MR) is 61.7 cm³/mol. The topological polar surface area (TPSA) is 80.5 Å². The van der Waals surface area contributed by atoms with Gasteiger partial charge in [0.2, 0.25) is 17.7 Å². The maximum atomic E-state index is 11.5. The fourth-order valence-electron chi connectivity index (χ4n) is 1.68. The summed E-state index contributed by atoms with van der Waals surface area (Å²) in [6.45, 7) is 0. The van der Waals surface area contributed by atoms with E-state index in [9.17, 15) is 14.4 Å². The molecule has 0 aromatic heterocycles. The van der Waals surface area contributed by atoms with Crippen molar-refractivity contribution in [2.75, 3.05) is 4.90 Å². The summed E-state index contributed by atoms with van der Waals surface area (Å²) in [7, 11) is 0. The second kappa shape index (κ2) is 4.18. The molecule has 2 N–H and O–H groups in total. The molecule has 0 spiro atoms. The van der Waals surface area contributed by atoms with Crippen LogP contribution in [-0.4, -0.2) is 17.7 Å². The van der Waals surface area contributed by atoms with Crippen molar-refractivity contribution in [3.8, 4) is 0 Å². The molecule has 1 fully saturated rings. The number of nitrogens with two attached hydrogens (primary N) is 1. The standard InChI is InChI=1S/C11H9ClN2O3/c12-7-2-1-6(11(13)17)5-8(7)14-9(15)3-4-10(14)16/h1-2,5H,3-4H2,(H2,13,17). The van der Waals surface area contributed by atoms with E-state index in [1.165, 1.54) is 18.2 Å². The third kappa shape index (κ3) is 2.01. The van der Waals surface area contributed by atoms with Gasteiger partial charge in [-0.1, -0.05) is 11.6 Å². The summed E-state index contributed by atoms with van der Waals surface area (Å²) in [6.07, 6.45) is 0.325. The summed E-state index contributed by atoms with van der Waals surface area (Å²) in [6, 6.07) is 4.24. The maximum absolute atomic E-state index is 11.5. The molecule has 3 amide bonds. The highest BCUT2D eigenvalue weighted by Gasteiger charge is 2.31. The van der Waals surface area contributed by atoms with Crippen molar-refractivity contribution in [3.63, 3.8) is 0 Å². The molecule has 0 saturated carbocycles. The Morgan fingerprint density at radius 2 is 1.82 bits per heavy atom. The van der Waals surface area contributed by atoms with Crippen molar-refractivity contribution in [1.82, 2.24) is 0 Å². The van der Waals surface area contributed by atoms with Gasteiger partial charge in [0, 0.05) is 18.4 Å². The molecule has 2 rings (SSSR count). The van der Waals surface area contributed by atoms with Gasteiger partial charge in [-0.05, 0) is 18.2 Å². The zero-order chi connectivity index (χ0) is 12.6. The van der Waals surface area contributed by atoms with Gasteiger partial charge in [-0.3, -0.25) is 14.4 Å².